The van der Waals surface area contributed by atoms with Crippen LogP contribution in [0.15, 0.2) is 121 Å². The number of rotatable bonds is 3. The summed E-state index contributed by atoms with van der Waals surface area (Å²) in [6, 6.07) is 37.3. The molecule has 4 aromatic rings. The van der Waals surface area contributed by atoms with Gasteiger partial charge in [0.25, 0.3) is 0 Å². The van der Waals surface area contributed by atoms with Crippen molar-refractivity contribution in [3.05, 3.63) is 166 Å². The van der Waals surface area contributed by atoms with Gasteiger partial charge >= 0.3 is 219 Å². The Kier molecular flexibility index (Phi) is 4.29. The molecular weight excluding hydrogens is 640 g/mol. The predicted octanol–water partition coefficient (Wildman–Crippen LogP) is 6.23. The van der Waals surface area contributed by atoms with E-state index in [1.54, 1.807) is 44.5 Å². The molecule has 0 amide bonds. The molecule has 0 saturated carbocycles. The molecule has 0 fully saturated rings. The molecule has 6 aliphatic carbocycles. The summed E-state index contributed by atoms with van der Waals surface area (Å²) in [5.41, 5.74) is 12.6. The minimum absolute atomic E-state index is 0.121. The second-order valence-electron chi connectivity index (χ2n) is 9.66. The van der Waals surface area contributed by atoms with Crippen LogP contribution in [0.2, 0.25) is 0 Å². The van der Waals surface area contributed by atoms with Crippen molar-refractivity contribution in [1.82, 2.24) is 0 Å². The molecule has 0 unspecified atom stereocenters. The van der Waals surface area contributed by atoms with E-state index < -0.39 is 0 Å². The first kappa shape index (κ1) is 20.2. The van der Waals surface area contributed by atoms with E-state index in [1.807, 2.05) is 0 Å². The van der Waals surface area contributed by atoms with E-state index in [1.165, 1.54) is 0 Å². The molecule has 6 aliphatic rings. The molecule has 0 saturated heterocycles. The number of allylic oxidation sites excluding steroid dienone is 4. The Balaban J connectivity index is 1.32. The maximum absolute atomic E-state index is 2.63. The summed E-state index contributed by atoms with van der Waals surface area (Å²) in [5.74, 6) is 0.846. The van der Waals surface area contributed by atoms with Crippen molar-refractivity contribution in [2.45, 2.75) is 18.8 Å². The van der Waals surface area contributed by atoms with Crippen molar-refractivity contribution in [2.24, 2.45) is 0 Å². The van der Waals surface area contributed by atoms with E-state index in [-0.39, 0.29) is 41.0 Å². The van der Waals surface area contributed by atoms with Gasteiger partial charge in [-0.15, -0.1) is 0 Å². The summed E-state index contributed by atoms with van der Waals surface area (Å²) in [6.45, 7) is 0. The van der Waals surface area contributed by atoms with E-state index in [0.29, 0.717) is 11.8 Å². The van der Waals surface area contributed by atoms with Crippen LogP contribution in [0.4, 0.5) is 0 Å². The van der Waals surface area contributed by atoms with Gasteiger partial charge < -0.3 is 0 Å². The number of benzene rings is 4. The van der Waals surface area contributed by atoms with Crippen molar-refractivity contribution in [1.29, 1.82) is 0 Å². The minimum atomic E-state index is -0.386. The van der Waals surface area contributed by atoms with E-state index in [0.717, 1.165) is 0 Å². The zero-order valence-corrected chi connectivity index (χ0v) is 23.2. The topological polar surface area (TPSA) is 0 Å². The van der Waals surface area contributed by atoms with Crippen LogP contribution in [-0.2, 0) is 6.93 Å². The van der Waals surface area contributed by atoms with Crippen LogP contribution in [0.1, 0.15) is 56.3 Å². The fourth-order valence-electron chi connectivity index (χ4n) is 6.65. The summed E-state index contributed by atoms with van der Waals surface area (Å²) >= 11 is -0.772. The second-order valence-corrected chi connectivity index (χ2v) is 20.7. The summed E-state index contributed by atoms with van der Waals surface area (Å²) in [4.78, 5) is 0. The molecule has 0 nitrogen and oxygen atoms in total. The summed E-state index contributed by atoms with van der Waals surface area (Å²) in [6.07, 6.45) is 10.3. The molecule has 0 spiro atoms. The van der Waals surface area contributed by atoms with Gasteiger partial charge in [-0.2, -0.15) is 0 Å². The fourth-order valence-corrected chi connectivity index (χ4v) is 25.4. The van der Waals surface area contributed by atoms with Crippen LogP contribution in [0, 0.1) is 0 Å². The molecule has 4 aromatic carbocycles. The van der Waals surface area contributed by atoms with E-state index in [2.05, 4.69) is 121 Å². The van der Waals surface area contributed by atoms with Gasteiger partial charge in [0.2, 0.25) is 0 Å². The molecule has 4 bridgehead atoms. The summed E-state index contributed by atoms with van der Waals surface area (Å²) in [5, 5.41) is 0. The molecular formula is C32H22Te2. The summed E-state index contributed by atoms with van der Waals surface area (Å²) in [7, 11) is 0. The Hall–Kier alpha value is -2.06. The first-order chi connectivity index (χ1) is 16.8. The van der Waals surface area contributed by atoms with Crippen LogP contribution >= 0.6 is 0 Å². The van der Waals surface area contributed by atoms with Crippen molar-refractivity contribution < 1.29 is 0 Å². The SMILES string of the molecule is C1=CC2([Te][Te]C34C=CC(c5ccccc53)c3ccccc34)c3ccccc3C1c1ccccc12. The van der Waals surface area contributed by atoms with Gasteiger partial charge in [0.05, 0.1) is 0 Å². The number of hydrogen-bond acceptors (Lipinski definition) is 0. The van der Waals surface area contributed by atoms with Gasteiger partial charge in [-0.1, -0.05) is 0 Å². The molecule has 0 N–H and O–H groups in total. The monoisotopic (exact) mass is 666 g/mol. The molecule has 162 valence electrons. The molecule has 0 atom stereocenters. The maximum atomic E-state index is 2.63. The molecule has 0 heterocycles. The predicted molar refractivity (Wildman–Crippen MR) is 141 cm³/mol. The van der Waals surface area contributed by atoms with Gasteiger partial charge in [0.1, 0.15) is 0 Å². The van der Waals surface area contributed by atoms with Crippen LogP contribution < -0.4 is 0 Å². The third-order valence-electron chi connectivity index (χ3n) is 8.14. The van der Waals surface area contributed by atoms with Crippen LogP contribution in [0.5, 0.6) is 0 Å². The van der Waals surface area contributed by atoms with Crippen molar-refractivity contribution in [2.75, 3.05) is 0 Å². The normalized spacial score (nSPS) is 28.2. The Morgan fingerprint density at radius 3 is 1.03 bits per heavy atom. The third kappa shape index (κ3) is 2.46. The molecule has 0 aromatic heterocycles. The molecule has 0 radical (unpaired) electrons. The molecule has 0 aliphatic heterocycles. The Bertz CT molecular complexity index is 1330. The van der Waals surface area contributed by atoms with E-state index >= 15 is 0 Å². The Morgan fingerprint density at radius 1 is 0.412 bits per heavy atom. The van der Waals surface area contributed by atoms with Gasteiger partial charge in [-0.05, 0) is 0 Å². The fraction of sp³-hybridized carbons (Fsp3) is 0.125. The molecule has 2 heteroatoms. The van der Waals surface area contributed by atoms with Gasteiger partial charge in [0.15, 0.2) is 0 Å². The van der Waals surface area contributed by atoms with Crippen molar-refractivity contribution >= 4 is 34.1 Å². The summed E-state index contributed by atoms with van der Waals surface area (Å²) < 4.78 is 0.242. The van der Waals surface area contributed by atoms with Crippen LogP contribution in [-0.4, -0.2) is 34.1 Å². The van der Waals surface area contributed by atoms with Crippen molar-refractivity contribution in [3.8, 4) is 0 Å². The molecule has 34 heavy (non-hydrogen) atoms. The van der Waals surface area contributed by atoms with E-state index in [4.69, 9.17) is 0 Å². The zero-order chi connectivity index (χ0) is 22.3. The quantitative estimate of drug-likeness (QED) is 0.181. The number of hydrogen-bond donors (Lipinski definition) is 0. The average molecular weight is 662 g/mol. The first-order valence-electron chi connectivity index (χ1n) is 11.9. The third-order valence-corrected chi connectivity index (χ3v) is 24.8. The van der Waals surface area contributed by atoms with Crippen molar-refractivity contribution in [3.63, 3.8) is 0 Å². The Labute approximate surface area is 217 Å². The zero-order valence-electron chi connectivity index (χ0n) is 18.5. The average Bonchev–Trinajstić information content (AvgIpc) is 2.93. The Morgan fingerprint density at radius 2 is 0.706 bits per heavy atom. The van der Waals surface area contributed by atoms with Gasteiger partial charge in [-0.25, -0.2) is 0 Å². The van der Waals surface area contributed by atoms with Crippen LogP contribution in [0.25, 0.3) is 0 Å². The standard InChI is InChI=1S/C32H22Te2/c1-5-13-27-23(9-1)21-17-19-31(27,28-14-6-2-10-24(21)28)33-34-32-20-18-22(25-11-3-7-15-29(25)32)26-12-4-8-16-30(26)32/h1-22H. The van der Waals surface area contributed by atoms with Crippen LogP contribution in [0.3, 0.4) is 0 Å². The van der Waals surface area contributed by atoms with Gasteiger partial charge in [-0.3, -0.25) is 0 Å². The van der Waals surface area contributed by atoms with Gasteiger partial charge in [0, 0.05) is 0 Å². The second kappa shape index (κ2) is 7.23. The van der Waals surface area contributed by atoms with E-state index in [9.17, 15) is 0 Å². The first-order valence-corrected chi connectivity index (χ1v) is 21.6. The molecule has 10 rings (SSSR count).